The predicted molar refractivity (Wildman–Crippen MR) is 85.3 cm³/mol. The number of rotatable bonds is 3. The quantitative estimate of drug-likeness (QED) is 0.844. The Morgan fingerprint density at radius 1 is 1.40 bits per heavy atom. The Hall–Kier alpha value is -1.10. The lowest BCUT2D eigenvalue weighted by atomic mass is 9.93. The van der Waals surface area contributed by atoms with Crippen LogP contribution in [0.3, 0.4) is 0 Å². The van der Waals surface area contributed by atoms with E-state index in [1.807, 2.05) is 5.38 Å². The van der Waals surface area contributed by atoms with Gasteiger partial charge in [0.2, 0.25) is 0 Å². The van der Waals surface area contributed by atoms with E-state index in [1.54, 1.807) is 29.5 Å². The number of nitrogens with zero attached hydrogens (tertiary/aromatic N) is 1. The summed E-state index contributed by atoms with van der Waals surface area (Å²) in [5.41, 5.74) is 8.17. The number of nitrogens with two attached hydrogens (primary N) is 1. The summed E-state index contributed by atoms with van der Waals surface area (Å²) in [6, 6.07) is 5.15. The average molecular weight is 311 g/mol. The summed E-state index contributed by atoms with van der Waals surface area (Å²) in [5, 5.41) is 13.8. The van der Waals surface area contributed by atoms with E-state index in [-0.39, 0.29) is 5.41 Å². The fourth-order valence-corrected chi connectivity index (χ4v) is 3.11. The zero-order chi connectivity index (χ0) is 14.9. The topological polar surface area (TPSA) is 59.1 Å². The van der Waals surface area contributed by atoms with Crippen LogP contribution in [0.15, 0.2) is 23.6 Å². The predicted octanol–water partition coefficient (Wildman–Crippen LogP) is 3.95. The first kappa shape index (κ1) is 15.3. The highest BCUT2D eigenvalue weighted by molar-refractivity contribution is 7.09. The Kier molecular flexibility index (Phi) is 4.37. The molecule has 0 aliphatic heterocycles. The number of hydrogen-bond acceptors (Lipinski definition) is 4. The standard InChI is InChI=1S/C15H19ClN2OS/c1-15(2,3)13-8-20-14(18-13)7-12(19)10-5-4-9(16)6-11(10)17/h4-6,8,12,19H,7,17H2,1-3H3. The van der Waals surface area contributed by atoms with Crippen molar-refractivity contribution in [2.75, 3.05) is 5.73 Å². The van der Waals surface area contributed by atoms with E-state index in [0.717, 1.165) is 10.7 Å². The highest BCUT2D eigenvalue weighted by atomic mass is 35.5. The molecule has 0 bridgehead atoms. The van der Waals surface area contributed by atoms with Crippen LogP contribution in [0.2, 0.25) is 5.02 Å². The van der Waals surface area contributed by atoms with Crippen molar-refractivity contribution in [3.05, 3.63) is 44.9 Å². The number of aromatic nitrogens is 1. The molecule has 1 heterocycles. The molecule has 0 radical (unpaired) electrons. The SMILES string of the molecule is CC(C)(C)c1csc(CC(O)c2ccc(Cl)cc2N)n1. The third-order valence-electron chi connectivity index (χ3n) is 3.10. The van der Waals surface area contributed by atoms with E-state index < -0.39 is 6.10 Å². The smallest absolute Gasteiger partial charge is 0.0957 e. The molecular weight excluding hydrogens is 292 g/mol. The molecule has 0 amide bonds. The van der Waals surface area contributed by atoms with Gasteiger partial charge in [0.1, 0.15) is 0 Å². The Morgan fingerprint density at radius 3 is 2.65 bits per heavy atom. The van der Waals surface area contributed by atoms with Gasteiger partial charge >= 0.3 is 0 Å². The first-order valence-electron chi connectivity index (χ1n) is 6.45. The molecule has 2 rings (SSSR count). The first-order valence-corrected chi connectivity index (χ1v) is 7.71. The molecule has 0 spiro atoms. The van der Waals surface area contributed by atoms with Crippen molar-refractivity contribution in [2.24, 2.45) is 0 Å². The zero-order valence-electron chi connectivity index (χ0n) is 11.9. The van der Waals surface area contributed by atoms with Gasteiger partial charge in [-0.25, -0.2) is 4.98 Å². The molecule has 1 aromatic heterocycles. The maximum Gasteiger partial charge on any atom is 0.0957 e. The van der Waals surface area contributed by atoms with Crippen LogP contribution in [0.1, 0.15) is 43.1 Å². The molecule has 1 unspecified atom stereocenters. The largest absolute Gasteiger partial charge is 0.398 e. The van der Waals surface area contributed by atoms with Gasteiger partial charge in [0, 0.05) is 33.5 Å². The second-order valence-electron chi connectivity index (χ2n) is 5.87. The van der Waals surface area contributed by atoms with Crippen molar-refractivity contribution in [2.45, 2.75) is 38.7 Å². The van der Waals surface area contributed by atoms with E-state index in [0.29, 0.717) is 22.7 Å². The van der Waals surface area contributed by atoms with Crippen LogP contribution >= 0.6 is 22.9 Å². The van der Waals surface area contributed by atoms with Gasteiger partial charge in [0.05, 0.1) is 16.8 Å². The van der Waals surface area contributed by atoms with Crippen LogP contribution in [0.25, 0.3) is 0 Å². The maximum atomic E-state index is 10.3. The Morgan fingerprint density at radius 2 is 2.10 bits per heavy atom. The normalized spacial score (nSPS) is 13.4. The van der Waals surface area contributed by atoms with Crippen LogP contribution in [0, 0.1) is 0 Å². The van der Waals surface area contributed by atoms with Crippen LogP contribution in [0.4, 0.5) is 5.69 Å². The molecule has 0 saturated heterocycles. The monoisotopic (exact) mass is 310 g/mol. The van der Waals surface area contributed by atoms with Gasteiger partial charge < -0.3 is 10.8 Å². The molecule has 3 nitrogen and oxygen atoms in total. The summed E-state index contributed by atoms with van der Waals surface area (Å²) >= 11 is 7.43. The van der Waals surface area contributed by atoms with Gasteiger partial charge in [-0.2, -0.15) is 0 Å². The van der Waals surface area contributed by atoms with Crippen LogP contribution in [-0.2, 0) is 11.8 Å². The third kappa shape index (κ3) is 3.51. The summed E-state index contributed by atoms with van der Waals surface area (Å²) in [7, 11) is 0. The van der Waals surface area contributed by atoms with Crippen LogP contribution in [0.5, 0.6) is 0 Å². The van der Waals surface area contributed by atoms with Crippen molar-refractivity contribution in [1.82, 2.24) is 4.98 Å². The van der Waals surface area contributed by atoms with Crippen molar-refractivity contribution in [3.8, 4) is 0 Å². The minimum Gasteiger partial charge on any atom is -0.398 e. The number of aliphatic hydroxyl groups is 1. The number of nitrogen functional groups attached to an aromatic ring is 1. The van der Waals surface area contributed by atoms with Gasteiger partial charge in [0.15, 0.2) is 0 Å². The molecule has 20 heavy (non-hydrogen) atoms. The number of hydrogen-bond donors (Lipinski definition) is 2. The molecule has 3 N–H and O–H groups in total. The van der Waals surface area contributed by atoms with E-state index in [1.165, 1.54) is 0 Å². The summed E-state index contributed by atoms with van der Waals surface area (Å²) in [5.74, 6) is 0. The van der Waals surface area contributed by atoms with Crippen LogP contribution in [-0.4, -0.2) is 10.1 Å². The number of benzene rings is 1. The Labute approximate surface area is 128 Å². The Balaban J connectivity index is 2.15. The first-order chi connectivity index (χ1) is 9.27. The van der Waals surface area contributed by atoms with E-state index >= 15 is 0 Å². The molecule has 0 saturated carbocycles. The van der Waals surface area contributed by atoms with Crippen LogP contribution < -0.4 is 5.73 Å². The third-order valence-corrected chi connectivity index (χ3v) is 4.20. The van der Waals surface area contributed by atoms with Crippen molar-refractivity contribution < 1.29 is 5.11 Å². The molecule has 0 aliphatic rings. The minimum absolute atomic E-state index is 0.0268. The molecule has 108 valence electrons. The fraction of sp³-hybridized carbons (Fsp3) is 0.400. The number of thiazole rings is 1. The average Bonchev–Trinajstić information content (AvgIpc) is 2.76. The van der Waals surface area contributed by atoms with Gasteiger partial charge in [-0.1, -0.05) is 38.4 Å². The van der Waals surface area contributed by atoms with E-state index in [2.05, 4.69) is 25.8 Å². The second-order valence-corrected chi connectivity index (χ2v) is 7.25. The maximum absolute atomic E-state index is 10.3. The number of halogens is 1. The Bertz CT molecular complexity index is 604. The molecule has 2 aromatic rings. The zero-order valence-corrected chi connectivity index (χ0v) is 13.4. The summed E-state index contributed by atoms with van der Waals surface area (Å²) in [4.78, 5) is 4.59. The summed E-state index contributed by atoms with van der Waals surface area (Å²) < 4.78 is 0. The van der Waals surface area contributed by atoms with Gasteiger partial charge in [-0.15, -0.1) is 11.3 Å². The number of anilines is 1. The molecule has 0 aliphatic carbocycles. The van der Waals surface area contributed by atoms with Crippen molar-refractivity contribution in [1.29, 1.82) is 0 Å². The molecule has 1 aromatic carbocycles. The minimum atomic E-state index is -0.661. The van der Waals surface area contributed by atoms with E-state index in [4.69, 9.17) is 17.3 Å². The van der Waals surface area contributed by atoms with Crippen molar-refractivity contribution in [3.63, 3.8) is 0 Å². The second kappa shape index (κ2) is 5.72. The molecular formula is C15H19ClN2OS. The summed E-state index contributed by atoms with van der Waals surface area (Å²) in [6.45, 7) is 6.37. The fourth-order valence-electron chi connectivity index (χ4n) is 1.87. The lowest BCUT2D eigenvalue weighted by molar-refractivity contribution is 0.179. The lowest BCUT2D eigenvalue weighted by Crippen LogP contribution is -2.12. The van der Waals surface area contributed by atoms with Crippen molar-refractivity contribution >= 4 is 28.6 Å². The molecule has 1 atom stereocenters. The lowest BCUT2D eigenvalue weighted by Gasteiger charge is -2.15. The highest BCUT2D eigenvalue weighted by Crippen LogP contribution is 2.29. The van der Waals surface area contributed by atoms with Gasteiger partial charge in [0.25, 0.3) is 0 Å². The number of aliphatic hydroxyl groups excluding tert-OH is 1. The van der Waals surface area contributed by atoms with Gasteiger partial charge in [-0.3, -0.25) is 0 Å². The van der Waals surface area contributed by atoms with Gasteiger partial charge in [-0.05, 0) is 12.1 Å². The molecule has 0 fully saturated rings. The summed E-state index contributed by atoms with van der Waals surface area (Å²) in [6.07, 6.45) is -0.196. The van der Waals surface area contributed by atoms with E-state index in [9.17, 15) is 5.11 Å². The highest BCUT2D eigenvalue weighted by Gasteiger charge is 2.19. The molecule has 5 heteroatoms.